The van der Waals surface area contributed by atoms with Crippen LogP contribution in [0.5, 0.6) is 0 Å². The van der Waals surface area contributed by atoms with Crippen molar-refractivity contribution in [3.63, 3.8) is 0 Å². The molecule has 1 aromatic carbocycles. The van der Waals surface area contributed by atoms with Crippen LogP contribution in [0.15, 0.2) is 54.0 Å². The lowest BCUT2D eigenvalue weighted by molar-refractivity contribution is 0.624. The van der Waals surface area contributed by atoms with Crippen LogP contribution in [-0.2, 0) is 13.0 Å². The highest BCUT2D eigenvalue weighted by atomic mass is 15.2. The highest BCUT2D eigenvalue weighted by Gasteiger charge is 1.97. The molecule has 0 aliphatic carbocycles. The van der Waals surface area contributed by atoms with Crippen molar-refractivity contribution in [3.05, 3.63) is 54.6 Å². The molecule has 1 heterocycles. The van der Waals surface area contributed by atoms with E-state index in [1.807, 2.05) is 18.6 Å². The highest BCUT2D eigenvalue weighted by molar-refractivity contribution is 5.79. The van der Waals surface area contributed by atoms with Crippen molar-refractivity contribution in [2.24, 2.45) is 4.99 Å². The zero-order chi connectivity index (χ0) is 14.8. The van der Waals surface area contributed by atoms with E-state index in [9.17, 15) is 0 Å². The van der Waals surface area contributed by atoms with Gasteiger partial charge in [0.1, 0.15) is 0 Å². The first kappa shape index (κ1) is 15.1. The molecule has 0 bridgehead atoms. The van der Waals surface area contributed by atoms with Crippen LogP contribution in [0.4, 0.5) is 0 Å². The van der Waals surface area contributed by atoms with Gasteiger partial charge in [-0.15, -0.1) is 0 Å². The number of rotatable bonds is 7. The summed E-state index contributed by atoms with van der Waals surface area (Å²) < 4.78 is 2.08. The van der Waals surface area contributed by atoms with E-state index < -0.39 is 0 Å². The SMILES string of the molecule is CN=C(NCCCn1ccnc1)NCCc1ccccc1. The molecule has 0 aliphatic rings. The lowest BCUT2D eigenvalue weighted by Gasteiger charge is -2.12. The third-order valence-electron chi connectivity index (χ3n) is 3.22. The molecular weight excluding hydrogens is 262 g/mol. The third kappa shape index (κ3) is 5.69. The van der Waals surface area contributed by atoms with Crippen LogP contribution in [0.1, 0.15) is 12.0 Å². The van der Waals surface area contributed by atoms with Crippen LogP contribution in [0, 0.1) is 0 Å². The van der Waals surface area contributed by atoms with Crippen molar-refractivity contribution < 1.29 is 0 Å². The van der Waals surface area contributed by atoms with Crippen LogP contribution in [-0.4, -0.2) is 35.6 Å². The molecule has 2 aromatic rings. The van der Waals surface area contributed by atoms with Crippen LogP contribution < -0.4 is 10.6 Å². The van der Waals surface area contributed by atoms with Crippen molar-refractivity contribution in [2.45, 2.75) is 19.4 Å². The lowest BCUT2D eigenvalue weighted by Crippen LogP contribution is -2.38. The fourth-order valence-electron chi connectivity index (χ4n) is 2.08. The number of hydrogen-bond donors (Lipinski definition) is 2. The van der Waals surface area contributed by atoms with Gasteiger partial charge in [-0.05, 0) is 18.4 Å². The van der Waals surface area contributed by atoms with E-state index in [2.05, 4.69) is 49.4 Å². The summed E-state index contributed by atoms with van der Waals surface area (Å²) in [6, 6.07) is 10.5. The van der Waals surface area contributed by atoms with Crippen LogP contribution in [0.3, 0.4) is 0 Å². The highest BCUT2D eigenvalue weighted by Crippen LogP contribution is 1.98. The number of nitrogens with one attached hydrogen (secondary N) is 2. The zero-order valence-corrected chi connectivity index (χ0v) is 12.5. The molecule has 0 fully saturated rings. The number of benzene rings is 1. The molecule has 0 amide bonds. The molecule has 0 atom stereocenters. The molecule has 1 aromatic heterocycles. The minimum Gasteiger partial charge on any atom is -0.356 e. The van der Waals surface area contributed by atoms with Gasteiger partial charge in [-0.2, -0.15) is 0 Å². The van der Waals surface area contributed by atoms with Crippen molar-refractivity contribution >= 4 is 5.96 Å². The van der Waals surface area contributed by atoms with Crippen molar-refractivity contribution in [1.29, 1.82) is 0 Å². The van der Waals surface area contributed by atoms with E-state index in [1.54, 1.807) is 13.2 Å². The summed E-state index contributed by atoms with van der Waals surface area (Å²) in [6.45, 7) is 2.74. The normalized spacial score (nSPS) is 11.4. The van der Waals surface area contributed by atoms with Crippen molar-refractivity contribution in [2.75, 3.05) is 20.1 Å². The Kier molecular flexibility index (Phi) is 6.32. The van der Waals surface area contributed by atoms with E-state index in [0.29, 0.717) is 0 Å². The molecule has 2 N–H and O–H groups in total. The summed E-state index contributed by atoms with van der Waals surface area (Å²) in [4.78, 5) is 8.26. The first-order valence-corrected chi connectivity index (χ1v) is 7.32. The summed E-state index contributed by atoms with van der Waals surface area (Å²) in [5, 5.41) is 6.65. The van der Waals surface area contributed by atoms with Gasteiger partial charge in [-0.25, -0.2) is 4.98 Å². The molecule has 5 nitrogen and oxygen atoms in total. The van der Waals surface area contributed by atoms with E-state index in [1.165, 1.54) is 5.56 Å². The predicted molar refractivity (Wildman–Crippen MR) is 86.4 cm³/mol. The lowest BCUT2D eigenvalue weighted by atomic mass is 10.1. The van der Waals surface area contributed by atoms with Gasteiger partial charge in [0.05, 0.1) is 6.33 Å². The third-order valence-corrected chi connectivity index (χ3v) is 3.22. The van der Waals surface area contributed by atoms with Gasteiger partial charge < -0.3 is 15.2 Å². The molecular formula is C16H23N5. The largest absolute Gasteiger partial charge is 0.356 e. The number of hydrogen-bond acceptors (Lipinski definition) is 2. The Hall–Kier alpha value is -2.30. The van der Waals surface area contributed by atoms with Gasteiger partial charge in [0, 0.05) is 39.1 Å². The van der Waals surface area contributed by atoms with Gasteiger partial charge in [-0.3, -0.25) is 4.99 Å². The summed E-state index contributed by atoms with van der Waals surface area (Å²) in [7, 11) is 1.80. The fraction of sp³-hybridized carbons (Fsp3) is 0.375. The molecule has 0 saturated heterocycles. The number of aliphatic imine (C=N–C) groups is 1. The molecule has 5 heteroatoms. The first-order valence-electron chi connectivity index (χ1n) is 7.32. The standard InChI is InChI=1S/C16H23N5/c1-17-16(19-9-5-12-21-13-11-18-14-21)20-10-8-15-6-3-2-4-7-15/h2-4,6-7,11,13-14H,5,8-10,12H2,1H3,(H2,17,19,20). The van der Waals surface area contributed by atoms with Crippen LogP contribution in [0.2, 0.25) is 0 Å². The molecule has 0 aliphatic heterocycles. The Morgan fingerprint density at radius 1 is 1.19 bits per heavy atom. The maximum atomic E-state index is 4.23. The minimum absolute atomic E-state index is 0.858. The number of guanidine groups is 1. The van der Waals surface area contributed by atoms with Gasteiger partial charge in [0.15, 0.2) is 5.96 Å². The van der Waals surface area contributed by atoms with Crippen molar-refractivity contribution in [1.82, 2.24) is 20.2 Å². The molecule has 0 spiro atoms. The molecule has 2 rings (SSSR count). The summed E-state index contributed by atoms with van der Waals surface area (Å²) in [5.74, 6) is 0.858. The van der Waals surface area contributed by atoms with E-state index in [0.717, 1.165) is 38.4 Å². The Morgan fingerprint density at radius 2 is 2.00 bits per heavy atom. The summed E-state index contributed by atoms with van der Waals surface area (Å²) >= 11 is 0. The van der Waals surface area contributed by atoms with Crippen molar-refractivity contribution in [3.8, 4) is 0 Å². The average molecular weight is 285 g/mol. The Morgan fingerprint density at radius 3 is 2.71 bits per heavy atom. The number of imidazole rings is 1. The zero-order valence-electron chi connectivity index (χ0n) is 12.5. The minimum atomic E-state index is 0.858. The van der Waals surface area contributed by atoms with Gasteiger partial charge >= 0.3 is 0 Å². The van der Waals surface area contributed by atoms with Gasteiger partial charge in [0.25, 0.3) is 0 Å². The second-order valence-corrected chi connectivity index (χ2v) is 4.82. The number of aromatic nitrogens is 2. The fourth-order valence-corrected chi connectivity index (χ4v) is 2.08. The van der Waals surface area contributed by atoms with E-state index in [4.69, 9.17) is 0 Å². The monoisotopic (exact) mass is 285 g/mol. The molecule has 0 radical (unpaired) electrons. The van der Waals surface area contributed by atoms with Crippen LogP contribution >= 0.6 is 0 Å². The molecule has 112 valence electrons. The predicted octanol–water partition coefficient (Wildman–Crippen LogP) is 1.68. The van der Waals surface area contributed by atoms with E-state index in [-0.39, 0.29) is 0 Å². The Labute approximate surface area is 126 Å². The van der Waals surface area contributed by atoms with Crippen LogP contribution in [0.25, 0.3) is 0 Å². The van der Waals surface area contributed by atoms with Gasteiger partial charge in [0.2, 0.25) is 0 Å². The second kappa shape index (κ2) is 8.79. The molecule has 21 heavy (non-hydrogen) atoms. The smallest absolute Gasteiger partial charge is 0.190 e. The maximum absolute atomic E-state index is 4.23. The second-order valence-electron chi connectivity index (χ2n) is 4.82. The average Bonchev–Trinajstić information content (AvgIpc) is 3.04. The molecule has 0 unspecified atom stereocenters. The first-order chi connectivity index (χ1) is 10.4. The topological polar surface area (TPSA) is 54.2 Å². The Bertz CT molecular complexity index is 519. The van der Waals surface area contributed by atoms with E-state index >= 15 is 0 Å². The Balaban J connectivity index is 1.60. The molecule has 0 saturated carbocycles. The maximum Gasteiger partial charge on any atom is 0.190 e. The quantitative estimate of drug-likeness (QED) is 0.462. The summed E-state index contributed by atoms with van der Waals surface area (Å²) in [6.07, 6.45) is 7.66. The van der Waals surface area contributed by atoms with Gasteiger partial charge in [-0.1, -0.05) is 30.3 Å². The number of aryl methyl sites for hydroxylation is 1. The number of nitrogens with zero attached hydrogens (tertiary/aromatic N) is 3. The summed E-state index contributed by atoms with van der Waals surface area (Å²) in [5.41, 5.74) is 1.33.